The molecule has 0 unspecified atom stereocenters. The van der Waals surface area contributed by atoms with E-state index >= 15 is 0 Å². The number of halogens is 3. The van der Waals surface area contributed by atoms with E-state index in [9.17, 15) is 9.59 Å². The minimum absolute atomic E-state index is 0.193. The topological polar surface area (TPSA) is 79.1 Å². The van der Waals surface area contributed by atoms with Crippen LogP contribution in [0.4, 0.5) is 0 Å². The molecule has 0 amide bonds. The van der Waals surface area contributed by atoms with E-state index in [4.69, 9.17) is 37.4 Å². The van der Waals surface area contributed by atoms with Crippen LogP contribution in [-0.4, -0.2) is 24.3 Å². The van der Waals surface area contributed by atoms with Crippen LogP contribution in [0.15, 0.2) is 86.2 Å². The number of benzene rings is 3. The molecule has 1 aliphatic heterocycles. The molecular weight excluding hydrogens is 663 g/mol. The number of fused-ring (bicyclic) bond motifs is 1. The maximum atomic E-state index is 14.0. The Kier molecular flexibility index (Phi) is 9.22. The number of carbonyl (C=O) groups excluding carboxylic acids is 1. The van der Waals surface area contributed by atoms with Gasteiger partial charge in [0.1, 0.15) is 18.1 Å². The van der Waals surface area contributed by atoms with Crippen molar-refractivity contribution < 1.29 is 19.0 Å². The van der Waals surface area contributed by atoms with Crippen LogP contribution < -0.4 is 24.4 Å². The van der Waals surface area contributed by atoms with Crippen LogP contribution in [-0.2, 0) is 16.1 Å². The predicted molar refractivity (Wildman–Crippen MR) is 168 cm³/mol. The molecule has 0 radical (unpaired) electrons. The van der Waals surface area contributed by atoms with Gasteiger partial charge in [0, 0.05) is 5.56 Å². The van der Waals surface area contributed by atoms with Gasteiger partial charge in [0.2, 0.25) is 0 Å². The van der Waals surface area contributed by atoms with Crippen molar-refractivity contribution in [2.45, 2.75) is 26.5 Å². The first kappa shape index (κ1) is 30.1. The number of hydrogen-bond acceptors (Lipinski definition) is 7. The smallest absolute Gasteiger partial charge is 0.338 e. The van der Waals surface area contributed by atoms with E-state index < -0.39 is 12.0 Å². The van der Waals surface area contributed by atoms with Gasteiger partial charge in [-0.2, -0.15) is 0 Å². The summed E-state index contributed by atoms with van der Waals surface area (Å²) < 4.78 is 19.6. The zero-order chi connectivity index (χ0) is 30.0. The van der Waals surface area contributed by atoms with Crippen molar-refractivity contribution in [3.63, 3.8) is 0 Å². The van der Waals surface area contributed by atoms with Crippen LogP contribution in [0.5, 0.6) is 11.5 Å². The Morgan fingerprint density at radius 2 is 1.88 bits per heavy atom. The number of thiazole rings is 1. The fraction of sp³-hybridized carbons (Fsp3) is 0.194. The number of nitrogens with zero attached hydrogens (tertiary/aromatic N) is 2. The molecule has 1 aromatic heterocycles. The zero-order valence-corrected chi connectivity index (χ0v) is 26.7. The first-order chi connectivity index (χ1) is 20.2. The zero-order valence-electron chi connectivity index (χ0n) is 22.8. The van der Waals surface area contributed by atoms with Crippen LogP contribution >= 0.6 is 50.5 Å². The van der Waals surface area contributed by atoms with Crippen molar-refractivity contribution >= 4 is 62.5 Å². The van der Waals surface area contributed by atoms with Gasteiger partial charge >= 0.3 is 5.97 Å². The summed E-state index contributed by atoms with van der Waals surface area (Å²) in [4.78, 5) is 32.3. The maximum absolute atomic E-state index is 14.0. The highest BCUT2D eigenvalue weighted by Gasteiger charge is 2.33. The molecule has 216 valence electrons. The van der Waals surface area contributed by atoms with E-state index in [2.05, 4.69) is 20.9 Å². The Labute approximate surface area is 264 Å². The third-order valence-corrected chi connectivity index (χ3v) is 8.93. The summed E-state index contributed by atoms with van der Waals surface area (Å²) >= 11 is 17.0. The van der Waals surface area contributed by atoms with Crippen molar-refractivity contribution in [2.24, 2.45) is 4.99 Å². The quantitative estimate of drug-likeness (QED) is 0.199. The lowest BCUT2D eigenvalue weighted by Gasteiger charge is -2.25. The second-order valence-electron chi connectivity index (χ2n) is 9.27. The van der Waals surface area contributed by atoms with Crippen LogP contribution in [0.2, 0.25) is 10.0 Å². The van der Waals surface area contributed by atoms with Crippen molar-refractivity contribution in [1.82, 2.24) is 4.57 Å². The SMILES string of the molecule is CCOC(=O)C1=C(C)N=c2s/c(=C/c3ccccc3OCc3ccc(Cl)c(Cl)c3)c(=O)n2[C@H]1c1ccc(OC)c(Br)c1. The van der Waals surface area contributed by atoms with Gasteiger partial charge in [-0.3, -0.25) is 9.36 Å². The van der Waals surface area contributed by atoms with Crippen LogP contribution in [0.1, 0.15) is 36.6 Å². The Morgan fingerprint density at radius 1 is 1.10 bits per heavy atom. The van der Waals surface area contributed by atoms with Gasteiger partial charge in [0.05, 0.1) is 50.1 Å². The normalized spacial score (nSPS) is 14.8. The predicted octanol–water partition coefficient (Wildman–Crippen LogP) is 6.46. The number of esters is 1. The fourth-order valence-corrected chi connectivity index (χ4v) is 6.54. The second-order valence-corrected chi connectivity index (χ2v) is 11.9. The van der Waals surface area contributed by atoms with Crippen molar-refractivity contribution in [2.75, 3.05) is 13.7 Å². The van der Waals surface area contributed by atoms with E-state index in [0.29, 0.717) is 57.7 Å². The van der Waals surface area contributed by atoms with E-state index in [1.807, 2.05) is 42.5 Å². The standard InChI is InChI=1S/C31H25BrCl2N2O5S/c1-4-40-30(38)27-17(2)35-31-36(28(27)20-10-12-25(39-3)21(32)14-20)29(37)26(42-31)15-19-7-5-6-8-24(19)41-16-18-9-11-22(33)23(34)13-18/h5-15,28H,4,16H2,1-3H3/b26-15+/t28-/m0/s1. The van der Waals surface area contributed by atoms with Gasteiger partial charge in [-0.25, -0.2) is 9.79 Å². The summed E-state index contributed by atoms with van der Waals surface area (Å²) in [5, 5.41) is 0.918. The summed E-state index contributed by atoms with van der Waals surface area (Å²) in [5.74, 6) is 0.696. The molecule has 2 heterocycles. The largest absolute Gasteiger partial charge is 0.496 e. The number of carbonyl (C=O) groups is 1. The summed E-state index contributed by atoms with van der Waals surface area (Å²) in [7, 11) is 1.57. The summed E-state index contributed by atoms with van der Waals surface area (Å²) in [6.07, 6.45) is 1.78. The van der Waals surface area contributed by atoms with Crippen molar-refractivity contribution in [3.8, 4) is 11.5 Å². The van der Waals surface area contributed by atoms with E-state index in [0.717, 1.165) is 5.56 Å². The fourth-order valence-electron chi connectivity index (χ4n) is 4.62. The van der Waals surface area contributed by atoms with E-state index in [-0.39, 0.29) is 18.8 Å². The molecule has 1 atom stereocenters. The van der Waals surface area contributed by atoms with Crippen LogP contribution in [0.25, 0.3) is 6.08 Å². The molecule has 42 heavy (non-hydrogen) atoms. The second kappa shape index (κ2) is 12.9. The highest BCUT2D eigenvalue weighted by molar-refractivity contribution is 9.10. The first-order valence-corrected chi connectivity index (χ1v) is 15.3. The molecule has 5 rings (SSSR count). The number of methoxy groups -OCH3 is 1. The highest BCUT2D eigenvalue weighted by Crippen LogP contribution is 2.35. The maximum Gasteiger partial charge on any atom is 0.338 e. The minimum Gasteiger partial charge on any atom is -0.496 e. The summed E-state index contributed by atoms with van der Waals surface area (Å²) in [6, 6.07) is 17.5. The van der Waals surface area contributed by atoms with Gasteiger partial charge in [0.25, 0.3) is 5.56 Å². The molecule has 0 bridgehead atoms. The molecule has 0 spiro atoms. The van der Waals surface area contributed by atoms with E-state index in [1.165, 1.54) is 11.3 Å². The molecule has 0 N–H and O–H groups in total. The van der Waals surface area contributed by atoms with Crippen LogP contribution in [0, 0.1) is 0 Å². The molecule has 0 fully saturated rings. The first-order valence-electron chi connectivity index (χ1n) is 12.9. The Balaban J connectivity index is 1.60. The molecule has 0 aliphatic carbocycles. The molecule has 4 aromatic rings. The number of aromatic nitrogens is 1. The Bertz CT molecular complexity index is 1900. The Hall–Kier alpha value is -3.37. The van der Waals surface area contributed by atoms with Crippen LogP contribution in [0.3, 0.4) is 0 Å². The highest BCUT2D eigenvalue weighted by atomic mass is 79.9. The summed E-state index contributed by atoms with van der Waals surface area (Å²) in [5.41, 5.74) is 2.78. The number of ether oxygens (including phenoxy) is 3. The minimum atomic E-state index is -0.745. The monoisotopic (exact) mass is 686 g/mol. The van der Waals surface area contributed by atoms with Crippen molar-refractivity contribution in [3.05, 3.63) is 123 Å². The number of hydrogen-bond donors (Lipinski definition) is 0. The number of allylic oxidation sites excluding steroid dienone is 1. The average molecular weight is 688 g/mol. The van der Waals surface area contributed by atoms with Gasteiger partial charge in [-0.15, -0.1) is 0 Å². The van der Waals surface area contributed by atoms with E-state index in [1.54, 1.807) is 49.8 Å². The van der Waals surface area contributed by atoms with Gasteiger partial charge in [-0.1, -0.05) is 64.9 Å². The molecule has 11 heteroatoms. The molecule has 0 saturated carbocycles. The van der Waals surface area contributed by atoms with Crippen molar-refractivity contribution in [1.29, 1.82) is 0 Å². The lowest BCUT2D eigenvalue weighted by molar-refractivity contribution is -0.139. The lowest BCUT2D eigenvalue weighted by Crippen LogP contribution is -2.40. The number of rotatable bonds is 8. The molecular formula is C31H25BrCl2N2O5S. The molecule has 3 aromatic carbocycles. The number of para-hydroxylation sites is 1. The lowest BCUT2D eigenvalue weighted by atomic mass is 9.96. The van der Waals surface area contributed by atoms with Gasteiger partial charge in [0.15, 0.2) is 4.80 Å². The Morgan fingerprint density at radius 3 is 2.60 bits per heavy atom. The van der Waals surface area contributed by atoms with Gasteiger partial charge in [-0.05, 0) is 77.3 Å². The van der Waals surface area contributed by atoms with Gasteiger partial charge < -0.3 is 14.2 Å². The average Bonchev–Trinajstić information content (AvgIpc) is 3.27. The third kappa shape index (κ3) is 6.06. The molecule has 7 nitrogen and oxygen atoms in total. The summed E-state index contributed by atoms with van der Waals surface area (Å²) in [6.45, 7) is 3.94. The molecule has 1 aliphatic rings. The molecule has 0 saturated heterocycles. The third-order valence-electron chi connectivity index (χ3n) is 6.59.